The topological polar surface area (TPSA) is 70.0 Å². The Labute approximate surface area is 116 Å². The van der Waals surface area contributed by atoms with E-state index < -0.39 is 0 Å². The smallest absolute Gasteiger partial charge is 0.331 e. The lowest BCUT2D eigenvalue weighted by Gasteiger charge is -2.17. The van der Waals surface area contributed by atoms with Gasteiger partial charge in [-0.3, -0.25) is 13.9 Å². The molecule has 0 amide bonds. The quantitative estimate of drug-likeness (QED) is 0.866. The van der Waals surface area contributed by atoms with Crippen molar-refractivity contribution in [1.82, 2.24) is 9.13 Å². The number of benzene rings is 1. The Hall–Kier alpha value is -2.04. The van der Waals surface area contributed by atoms with Gasteiger partial charge in [-0.05, 0) is 50.8 Å². The van der Waals surface area contributed by atoms with Crippen LogP contribution in [0, 0.1) is 5.92 Å². The monoisotopic (exact) mass is 273 g/mol. The first kappa shape index (κ1) is 13.0. The zero-order valence-corrected chi connectivity index (χ0v) is 11.8. The molecule has 0 radical (unpaired) electrons. The van der Waals surface area contributed by atoms with Crippen LogP contribution in [-0.2, 0) is 6.54 Å². The van der Waals surface area contributed by atoms with Crippen LogP contribution in [0.4, 0.5) is 5.69 Å². The van der Waals surface area contributed by atoms with Crippen LogP contribution in [0.25, 0.3) is 10.9 Å². The summed E-state index contributed by atoms with van der Waals surface area (Å²) in [5, 5.41) is 0.527. The molecule has 0 bridgehead atoms. The zero-order valence-electron chi connectivity index (χ0n) is 11.8. The summed E-state index contributed by atoms with van der Waals surface area (Å²) in [4.78, 5) is 25.1. The van der Waals surface area contributed by atoms with Crippen molar-refractivity contribution in [3.05, 3.63) is 39.0 Å². The molecule has 5 heteroatoms. The predicted molar refractivity (Wildman–Crippen MR) is 80.0 cm³/mol. The lowest BCUT2D eigenvalue weighted by Crippen LogP contribution is -2.41. The van der Waals surface area contributed by atoms with Crippen molar-refractivity contribution in [2.75, 3.05) is 5.73 Å². The fraction of sp³-hybridized carbons (Fsp3) is 0.467. The molecule has 1 heterocycles. The predicted octanol–water partition coefficient (Wildman–Crippen LogP) is 1.74. The molecule has 1 fully saturated rings. The van der Waals surface area contributed by atoms with Crippen molar-refractivity contribution in [1.29, 1.82) is 0 Å². The van der Waals surface area contributed by atoms with Crippen LogP contribution < -0.4 is 17.0 Å². The molecule has 0 aliphatic heterocycles. The second-order valence-electron chi connectivity index (χ2n) is 5.88. The van der Waals surface area contributed by atoms with Gasteiger partial charge in [0.2, 0.25) is 0 Å². The Morgan fingerprint density at radius 1 is 1.30 bits per heavy atom. The molecule has 0 atom stereocenters. The van der Waals surface area contributed by atoms with Crippen LogP contribution in [-0.4, -0.2) is 9.13 Å². The molecule has 3 rings (SSSR count). The van der Waals surface area contributed by atoms with Crippen LogP contribution in [0.15, 0.2) is 27.8 Å². The maximum atomic E-state index is 12.6. The molecule has 1 aliphatic rings. The Morgan fingerprint density at radius 2 is 2.00 bits per heavy atom. The minimum Gasteiger partial charge on any atom is -0.399 e. The third-order valence-electron chi connectivity index (χ3n) is 3.85. The maximum Gasteiger partial charge on any atom is 0.331 e. The van der Waals surface area contributed by atoms with Gasteiger partial charge in [-0.2, -0.15) is 0 Å². The van der Waals surface area contributed by atoms with E-state index in [4.69, 9.17) is 5.73 Å². The second kappa shape index (κ2) is 4.51. The highest BCUT2D eigenvalue weighted by molar-refractivity contribution is 5.81. The van der Waals surface area contributed by atoms with Gasteiger partial charge in [0.1, 0.15) is 0 Å². The fourth-order valence-electron chi connectivity index (χ4n) is 2.62. The number of nitrogens with zero attached hydrogens (tertiary/aromatic N) is 2. The van der Waals surface area contributed by atoms with E-state index in [0.29, 0.717) is 29.1 Å². The molecular weight excluding hydrogens is 254 g/mol. The Balaban J connectivity index is 2.38. The third kappa shape index (κ3) is 2.03. The summed E-state index contributed by atoms with van der Waals surface area (Å²) in [7, 11) is 0. The average Bonchev–Trinajstić information content (AvgIpc) is 3.19. The van der Waals surface area contributed by atoms with Crippen LogP contribution in [0.1, 0.15) is 32.7 Å². The molecule has 1 aromatic heterocycles. The standard InChI is InChI=1S/C15H19N3O2/c1-9(2)18-13-6-5-11(16)7-12(13)14(19)17(15(18)20)8-10-3-4-10/h5-7,9-10H,3-4,8,16H2,1-2H3. The first-order valence-corrected chi connectivity index (χ1v) is 7.03. The normalized spacial score (nSPS) is 15.2. The highest BCUT2D eigenvalue weighted by Crippen LogP contribution is 2.30. The van der Waals surface area contributed by atoms with E-state index in [-0.39, 0.29) is 17.3 Å². The van der Waals surface area contributed by atoms with E-state index >= 15 is 0 Å². The summed E-state index contributed by atoms with van der Waals surface area (Å²) in [5.41, 5.74) is 6.56. The Morgan fingerprint density at radius 3 is 2.60 bits per heavy atom. The second-order valence-corrected chi connectivity index (χ2v) is 5.88. The number of hydrogen-bond acceptors (Lipinski definition) is 3. The summed E-state index contributed by atoms with van der Waals surface area (Å²) in [5.74, 6) is 0.472. The van der Waals surface area contributed by atoms with Gasteiger partial charge in [0.25, 0.3) is 5.56 Å². The van der Waals surface area contributed by atoms with E-state index in [1.165, 1.54) is 4.57 Å². The van der Waals surface area contributed by atoms with Crippen molar-refractivity contribution >= 4 is 16.6 Å². The van der Waals surface area contributed by atoms with Crippen molar-refractivity contribution in [2.45, 2.75) is 39.3 Å². The SMILES string of the molecule is CC(C)n1c(=O)n(CC2CC2)c(=O)c2cc(N)ccc21. The summed E-state index contributed by atoms with van der Waals surface area (Å²) in [6, 6.07) is 5.15. The van der Waals surface area contributed by atoms with Crippen LogP contribution >= 0.6 is 0 Å². The van der Waals surface area contributed by atoms with Crippen LogP contribution in [0.5, 0.6) is 0 Å². The third-order valence-corrected chi connectivity index (χ3v) is 3.85. The van der Waals surface area contributed by atoms with Crippen LogP contribution in [0.3, 0.4) is 0 Å². The summed E-state index contributed by atoms with van der Waals surface area (Å²) in [6.07, 6.45) is 2.20. The average molecular weight is 273 g/mol. The first-order valence-electron chi connectivity index (χ1n) is 7.03. The molecular formula is C15H19N3O2. The highest BCUT2D eigenvalue weighted by atomic mass is 16.2. The highest BCUT2D eigenvalue weighted by Gasteiger charge is 2.25. The van der Waals surface area contributed by atoms with Gasteiger partial charge in [-0.25, -0.2) is 4.79 Å². The van der Waals surface area contributed by atoms with Crippen molar-refractivity contribution in [3.63, 3.8) is 0 Å². The molecule has 0 saturated heterocycles. The van der Waals surface area contributed by atoms with Crippen molar-refractivity contribution < 1.29 is 0 Å². The molecule has 2 aromatic rings. The van der Waals surface area contributed by atoms with E-state index in [9.17, 15) is 9.59 Å². The van der Waals surface area contributed by atoms with Gasteiger partial charge in [0, 0.05) is 18.3 Å². The van der Waals surface area contributed by atoms with E-state index in [0.717, 1.165) is 12.8 Å². The number of anilines is 1. The van der Waals surface area contributed by atoms with Gasteiger partial charge >= 0.3 is 5.69 Å². The number of nitrogen functional groups attached to an aromatic ring is 1. The summed E-state index contributed by atoms with van der Waals surface area (Å²) in [6.45, 7) is 4.42. The van der Waals surface area contributed by atoms with Crippen LogP contribution in [0.2, 0.25) is 0 Å². The van der Waals surface area contributed by atoms with Gasteiger partial charge in [-0.1, -0.05) is 0 Å². The number of nitrogens with two attached hydrogens (primary N) is 1. The largest absolute Gasteiger partial charge is 0.399 e. The van der Waals surface area contributed by atoms with E-state index in [1.807, 2.05) is 13.8 Å². The summed E-state index contributed by atoms with van der Waals surface area (Å²) < 4.78 is 3.05. The zero-order chi connectivity index (χ0) is 14.4. The molecule has 2 N–H and O–H groups in total. The molecule has 1 aromatic carbocycles. The Kier molecular flexibility index (Phi) is 2.92. The number of aromatic nitrogens is 2. The van der Waals surface area contributed by atoms with Gasteiger partial charge in [-0.15, -0.1) is 0 Å². The number of fused-ring (bicyclic) bond motifs is 1. The molecule has 20 heavy (non-hydrogen) atoms. The molecule has 0 unspecified atom stereocenters. The molecule has 0 spiro atoms. The number of rotatable bonds is 3. The first-order chi connectivity index (χ1) is 9.49. The van der Waals surface area contributed by atoms with Crippen molar-refractivity contribution in [3.8, 4) is 0 Å². The lowest BCUT2D eigenvalue weighted by atomic mass is 10.2. The lowest BCUT2D eigenvalue weighted by molar-refractivity contribution is 0.507. The minimum absolute atomic E-state index is 0.000299. The minimum atomic E-state index is -0.221. The molecule has 1 aliphatic carbocycles. The van der Waals surface area contributed by atoms with Crippen molar-refractivity contribution in [2.24, 2.45) is 5.92 Å². The van der Waals surface area contributed by atoms with Gasteiger partial charge in [0.05, 0.1) is 10.9 Å². The number of hydrogen-bond donors (Lipinski definition) is 1. The molecule has 5 nitrogen and oxygen atoms in total. The van der Waals surface area contributed by atoms with Gasteiger partial charge < -0.3 is 5.73 Å². The molecule has 106 valence electrons. The van der Waals surface area contributed by atoms with E-state index in [1.54, 1.807) is 22.8 Å². The molecule has 1 saturated carbocycles. The fourth-order valence-corrected chi connectivity index (χ4v) is 2.62. The maximum absolute atomic E-state index is 12.6. The van der Waals surface area contributed by atoms with E-state index in [2.05, 4.69) is 0 Å². The Bertz CT molecular complexity index is 782. The summed E-state index contributed by atoms with van der Waals surface area (Å²) >= 11 is 0. The van der Waals surface area contributed by atoms with Gasteiger partial charge in [0.15, 0.2) is 0 Å².